The molecule has 2 aliphatic heterocycles. The maximum atomic E-state index is 12.5. The highest BCUT2D eigenvalue weighted by Gasteiger charge is 2.27. The highest BCUT2D eigenvalue weighted by molar-refractivity contribution is 7.89. The normalized spacial score (nSPS) is 23.3. The highest BCUT2D eigenvalue weighted by Crippen LogP contribution is 2.21. The lowest BCUT2D eigenvalue weighted by Crippen LogP contribution is -2.36. The second-order valence-corrected chi connectivity index (χ2v) is 8.29. The Kier molecular flexibility index (Phi) is 4.70. The van der Waals surface area contributed by atoms with E-state index in [9.17, 15) is 13.2 Å². The van der Waals surface area contributed by atoms with E-state index < -0.39 is 10.0 Å². The number of nitrogens with zero attached hydrogens (tertiary/aromatic N) is 2. The van der Waals surface area contributed by atoms with Gasteiger partial charge in [-0.25, -0.2) is 8.42 Å². The molecule has 6 nitrogen and oxygen atoms in total. The fourth-order valence-corrected chi connectivity index (χ4v) is 4.69. The molecule has 0 spiro atoms. The van der Waals surface area contributed by atoms with Crippen molar-refractivity contribution in [3.63, 3.8) is 0 Å². The van der Waals surface area contributed by atoms with Crippen LogP contribution in [0.4, 0.5) is 0 Å². The Morgan fingerprint density at radius 2 is 1.78 bits per heavy atom. The van der Waals surface area contributed by atoms with Crippen molar-refractivity contribution in [1.82, 2.24) is 14.5 Å². The van der Waals surface area contributed by atoms with Crippen LogP contribution in [0.25, 0.3) is 0 Å². The van der Waals surface area contributed by atoms with Gasteiger partial charge in [0.1, 0.15) is 0 Å². The molecule has 1 amide bonds. The average Bonchev–Trinajstić information content (AvgIpc) is 3.19. The Bertz CT molecular complexity index is 666. The molecule has 0 bridgehead atoms. The maximum Gasteiger partial charge on any atom is 0.251 e. The molecule has 2 fully saturated rings. The topological polar surface area (TPSA) is 69.7 Å². The minimum Gasteiger partial charge on any atom is -0.348 e. The zero-order valence-corrected chi connectivity index (χ0v) is 14.2. The van der Waals surface area contributed by atoms with Crippen molar-refractivity contribution >= 4 is 15.9 Å². The van der Waals surface area contributed by atoms with Gasteiger partial charge in [0.15, 0.2) is 0 Å². The Balaban J connectivity index is 1.68. The first kappa shape index (κ1) is 16.4. The van der Waals surface area contributed by atoms with E-state index in [0.717, 1.165) is 32.4 Å². The number of nitrogens with one attached hydrogen (secondary N) is 1. The zero-order valence-electron chi connectivity index (χ0n) is 13.4. The van der Waals surface area contributed by atoms with Crippen LogP contribution in [0.5, 0.6) is 0 Å². The lowest BCUT2D eigenvalue weighted by atomic mass is 10.2. The fraction of sp³-hybridized carbons (Fsp3) is 0.562. The number of carbonyl (C=O) groups excluding carboxylic acids is 1. The van der Waals surface area contributed by atoms with Crippen molar-refractivity contribution < 1.29 is 13.2 Å². The third kappa shape index (κ3) is 3.57. The van der Waals surface area contributed by atoms with Gasteiger partial charge in [0, 0.05) is 31.2 Å². The van der Waals surface area contributed by atoms with E-state index in [2.05, 4.69) is 10.2 Å². The third-order valence-electron chi connectivity index (χ3n) is 4.55. The van der Waals surface area contributed by atoms with Crippen LogP contribution in [0.2, 0.25) is 0 Å². The number of likely N-dealkylation sites (N-methyl/N-ethyl adjacent to an activating group) is 1. The van der Waals surface area contributed by atoms with Crippen LogP contribution < -0.4 is 5.32 Å². The number of likely N-dealkylation sites (tertiary alicyclic amines) is 1. The number of rotatable bonds is 4. The number of hydrogen-bond donors (Lipinski definition) is 1. The summed E-state index contributed by atoms with van der Waals surface area (Å²) in [5, 5.41) is 3.00. The van der Waals surface area contributed by atoms with Gasteiger partial charge in [0.2, 0.25) is 10.0 Å². The fourth-order valence-electron chi connectivity index (χ4n) is 3.18. The second kappa shape index (κ2) is 6.59. The molecule has 2 aliphatic rings. The molecule has 2 saturated heterocycles. The second-order valence-electron chi connectivity index (χ2n) is 6.36. The van der Waals surface area contributed by atoms with Gasteiger partial charge in [0.25, 0.3) is 5.91 Å². The van der Waals surface area contributed by atoms with Crippen LogP contribution >= 0.6 is 0 Å². The number of carbonyl (C=O) groups is 1. The summed E-state index contributed by atoms with van der Waals surface area (Å²) in [4.78, 5) is 14.7. The number of hydrogen-bond acceptors (Lipinski definition) is 4. The van der Waals surface area contributed by atoms with E-state index in [1.54, 1.807) is 12.1 Å². The van der Waals surface area contributed by atoms with Crippen molar-refractivity contribution in [2.75, 3.05) is 33.2 Å². The monoisotopic (exact) mass is 337 g/mol. The molecule has 1 aromatic rings. The van der Waals surface area contributed by atoms with Gasteiger partial charge >= 0.3 is 0 Å². The molecule has 3 rings (SSSR count). The van der Waals surface area contributed by atoms with Crippen molar-refractivity contribution in [2.45, 2.75) is 30.2 Å². The van der Waals surface area contributed by atoms with Gasteiger partial charge in [-0.1, -0.05) is 0 Å². The third-order valence-corrected chi connectivity index (χ3v) is 6.46. The molecule has 23 heavy (non-hydrogen) atoms. The summed E-state index contributed by atoms with van der Waals surface area (Å²) in [6.07, 6.45) is 2.77. The first-order valence-corrected chi connectivity index (χ1v) is 9.50. The summed E-state index contributed by atoms with van der Waals surface area (Å²) in [7, 11) is -1.38. The quantitative estimate of drug-likeness (QED) is 0.886. The van der Waals surface area contributed by atoms with Crippen molar-refractivity contribution in [3.8, 4) is 0 Å². The summed E-state index contributed by atoms with van der Waals surface area (Å²) in [6.45, 7) is 3.00. The van der Waals surface area contributed by atoms with Crippen LogP contribution in [0.1, 0.15) is 29.6 Å². The number of benzene rings is 1. The van der Waals surface area contributed by atoms with Gasteiger partial charge in [0.05, 0.1) is 4.90 Å². The minimum atomic E-state index is -3.42. The van der Waals surface area contributed by atoms with Crippen LogP contribution in [0, 0.1) is 0 Å². The lowest BCUT2D eigenvalue weighted by Gasteiger charge is -2.16. The van der Waals surface area contributed by atoms with Gasteiger partial charge in [-0.3, -0.25) is 4.79 Å². The molecule has 7 heteroatoms. The summed E-state index contributed by atoms with van der Waals surface area (Å²) in [5.74, 6) is -0.143. The molecule has 0 saturated carbocycles. The lowest BCUT2D eigenvalue weighted by molar-refractivity contribution is 0.0938. The predicted molar refractivity (Wildman–Crippen MR) is 87.8 cm³/mol. The summed E-state index contributed by atoms with van der Waals surface area (Å²) in [6, 6.07) is 6.42. The molecular formula is C16H23N3O3S. The molecule has 1 unspecified atom stereocenters. The Hall–Kier alpha value is -1.44. The molecule has 126 valence electrons. The smallest absolute Gasteiger partial charge is 0.251 e. The first-order valence-electron chi connectivity index (χ1n) is 8.06. The van der Waals surface area contributed by atoms with E-state index in [1.165, 1.54) is 16.4 Å². The standard InChI is InChI=1S/C16H23N3O3S/c1-18-11-8-14(12-18)17-16(20)13-4-6-15(7-5-13)23(21,22)19-9-2-3-10-19/h4-7,14H,2-3,8-12H2,1H3,(H,17,20). The Morgan fingerprint density at radius 1 is 1.13 bits per heavy atom. The Labute approximate surface area is 137 Å². The summed E-state index contributed by atoms with van der Waals surface area (Å²) >= 11 is 0. The molecule has 2 heterocycles. The zero-order chi connectivity index (χ0) is 16.4. The SMILES string of the molecule is CN1CCC(NC(=O)c2ccc(S(=O)(=O)N3CCCC3)cc2)C1. The average molecular weight is 337 g/mol. The van der Waals surface area contributed by atoms with Crippen molar-refractivity contribution in [1.29, 1.82) is 0 Å². The van der Waals surface area contributed by atoms with Crippen molar-refractivity contribution in [2.24, 2.45) is 0 Å². The molecule has 0 aromatic heterocycles. The maximum absolute atomic E-state index is 12.5. The van der Waals surface area contributed by atoms with E-state index in [-0.39, 0.29) is 16.8 Å². The molecular weight excluding hydrogens is 314 g/mol. The number of sulfonamides is 1. The predicted octanol–water partition coefficient (Wildman–Crippen LogP) is 0.905. The van der Waals surface area contributed by atoms with Crippen LogP contribution in [-0.4, -0.2) is 62.8 Å². The highest BCUT2D eigenvalue weighted by atomic mass is 32.2. The summed E-state index contributed by atoms with van der Waals surface area (Å²) < 4.78 is 26.4. The summed E-state index contributed by atoms with van der Waals surface area (Å²) in [5.41, 5.74) is 0.500. The Morgan fingerprint density at radius 3 is 2.35 bits per heavy atom. The van der Waals surface area contributed by atoms with Gasteiger partial charge in [-0.05, 0) is 57.1 Å². The minimum absolute atomic E-state index is 0.143. The molecule has 1 N–H and O–H groups in total. The van der Waals surface area contributed by atoms with E-state index >= 15 is 0 Å². The van der Waals surface area contributed by atoms with E-state index in [1.807, 2.05) is 7.05 Å². The molecule has 0 aliphatic carbocycles. The molecule has 1 atom stereocenters. The van der Waals surface area contributed by atoms with Gasteiger partial charge < -0.3 is 10.2 Å². The van der Waals surface area contributed by atoms with Crippen LogP contribution in [0.15, 0.2) is 29.2 Å². The molecule has 1 aromatic carbocycles. The van der Waals surface area contributed by atoms with Gasteiger partial charge in [-0.2, -0.15) is 4.31 Å². The van der Waals surface area contributed by atoms with E-state index in [0.29, 0.717) is 18.7 Å². The van der Waals surface area contributed by atoms with Crippen LogP contribution in [-0.2, 0) is 10.0 Å². The van der Waals surface area contributed by atoms with Crippen LogP contribution in [0.3, 0.4) is 0 Å². The van der Waals surface area contributed by atoms with Crippen molar-refractivity contribution in [3.05, 3.63) is 29.8 Å². The molecule has 0 radical (unpaired) electrons. The van der Waals surface area contributed by atoms with E-state index in [4.69, 9.17) is 0 Å². The first-order chi connectivity index (χ1) is 11.0. The number of amides is 1. The van der Waals surface area contributed by atoms with Gasteiger partial charge in [-0.15, -0.1) is 0 Å². The largest absolute Gasteiger partial charge is 0.348 e.